The molecule has 7 heteroatoms. The quantitative estimate of drug-likeness (QED) is 0.858. The van der Waals surface area contributed by atoms with Crippen LogP contribution in [0, 0.1) is 0 Å². The van der Waals surface area contributed by atoms with Crippen LogP contribution in [-0.4, -0.2) is 43.3 Å². The lowest BCUT2D eigenvalue weighted by molar-refractivity contribution is 0.0659. The predicted molar refractivity (Wildman–Crippen MR) is 75.6 cm³/mol. The van der Waals surface area contributed by atoms with E-state index < -0.39 is 15.1 Å². The van der Waals surface area contributed by atoms with Crippen LogP contribution >= 0.6 is 23.2 Å². The first kappa shape index (κ1) is 14.6. The van der Waals surface area contributed by atoms with Crippen molar-refractivity contribution in [1.82, 2.24) is 4.90 Å². The highest BCUT2D eigenvalue weighted by atomic mass is 35.5. The van der Waals surface area contributed by atoms with Gasteiger partial charge < -0.3 is 4.90 Å². The Hall–Kier alpha value is -0.780. The second-order valence-electron chi connectivity index (χ2n) is 4.41. The predicted octanol–water partition coefficient (Wildman–Crippen LogP) is 2.25. The first-order valence-corrected chi connectivity index (χ1v) is 8.28. The molecule has 2 rings (SSSR count). The normalized spacial score (nSPS) is 16.3. The van der Waals surface area contributed by atoms with Crippen LogP contribution < -0.4 is 0 Å². The van der Waals surface area contributed by atoms with Crippen molar-refractivity contribution in [2.45, 2.75) is 12.2 Å². The van der Waals surface area contributed by atoms with Crippen molar-refractivity contribution in [3.05, 3.63) is 33.8 Å². The zero-order chi connectivity index (χ0) is 14.2. The molecule has 0 N–H and O–H groups in total. The summed E-state index contributed by atoms with van der Waals surface area (Å²) in [4.78, 5) is 13.6. The number of hydrogen-bond donors (Lipinski definition) is 0. The molecule has 104 valence electrons. The molecular weight excluding hydrogens is 309 g/mol. The van der Waals surface area contributed by atoms with Gasteiger partial charge in [0.25, 0.3) is 5.91 Å². The lowest BCUT2D eigenvalue weighted by Gasteiger charge is -2.38. The summed E-state index contributed by atoms with van der Waals surface area (Å²) in [7, 11) is -3.07. The molecule has 0 aromatic heterocycles. The molecule has 1 aromatic rings. The Morgan fingerprint density at radius 2 is 1.95 bits per heavy atom. The Morgan fingerprint density at radius 3 is 2.47 bits per heavy atom. The lowest BCUT2D eigenvalue weighted by Crippen LogP contribution is -2.57. The molecule has 0 spiro atoms. The van der Waals surface area contributed by atoms with Gasteiger partial charge in [-0.3, -0.25) is 4.79 Å². The molecule has 1 aliphatic rings. The number of carbonyl (C=O) groups excluding carboxylic acids is 1. The first-order chi connectivity index (χ1) is 8.85. The third-order valence-electron chi connectivity index (χ3n) is 3.21. The second-order valence-corrected chi connectivity index (χ2v) is 7.80. The molecule has 4 nitrogen and oxygen atoms in total. The van der Waals surface area contributed by atoms with Crippen LogP contribution in [0.3, 0.4) is 0 Å². The van der Waals surface area contributed by atoms with Crippen molar-refractivity contribution >= 4 is 38.9 Å². The number of carbonyl (C=O) groups is 1. The van der Waals surface area contributed by atoms with E-state index in [1.165, 1.54) is 11.0 Å². The zero-order valence-electron chi connectivity index (χ0n) is 10.3. The molecular formula is C12H13Cl2NO3S. The van der Waals surface area contributed by atoms with Crippen molar-refractivity contribution < 1.29 is 13.2 Å². The smallest absolute Gasteiger partial charge is 0.253 e. The molecule has 0 unspecified atom stereocenters. The van der Waals surface area contributed by atoms with E-state index >= 15 is 0 Å². The third kappa shape index (κ3) is 2.88. The van der Waals surface area contributed by atoms with Gasteiger partial charge in [-0.05, 0) is 18.2 Å². The van der Waals surface area contributed by atoms with Crippen molar-refractivity contribution in [2.75, 3.05) is 18.8 Å². The average molecular weight is 322 g/mol. The van der Waals surface area contributed by atoms with Gasteiger partial charge in [0.1, 0.15) is 0 Å². The van der Waals surface area contributed by atoms with Crippen LogP contribution in [0.4, 0.5) is 0 Å². The molecule has 0 atom stereocenters. The number of benzene rings is 1. The van der Waals surface area contributed by atoms with E-state index in [0.29, 0.717) is 15.6 Å². The highest BCUT2D eigenvalue weighted by Crippen LogP contribution is 2.25. The maximum absolute atomic E-state index is 12.1. The van der Waals surface area contributed by atoms with Gasteiger partial charge >= 0.3 is 0 Å². The van der Waals surface area contributed by atoms with E-state index in [1.54, 1.807) is 19.1 Å². The fraction of sp³-hybridized carbons (Fsp3) is 0.417. The second kappa shape index (κ2) is 5.31. The third-order valence-corrected chi connectivity index (χ3v) is 6.07. The highest BCUT2D eigenvalue weighted by molar-refractivity contribution is 7.92. The minimum absolute atomic E-state index is 0.104. The standard InChI is InChI=1S/C12H13Cl2NO3S/c1-2-19(17,18)9-6-15(7-9)12(16)8-3-4-10(13)11(14)5-8/h3-5,9H,2,6-7H2,1H3. The van der Waals surface area contributed by atoms with Crippen LogP contribution in [-0.2, 0) is 9.84 Å². The van der Waals surface area contributed by atoms with E-state index in [9.17, 15) is 13.2 Å². The maximum Gasteiger partial charge on any atom is 0.253 e. The van der Waals surface area contributed by atoms with E-state index in [-0.39, 0.29) is 24.7 Å². The van der Waals surface area contributed by atoms with Gasteiger partial charge in [0.2, 0.25) is 0 Å². The van der Waals surface area contributed by atoms with Gasteiger partial charge in [-0.1, -0.05) is 30.1 Å². The number of rotatable bonds is 3. The van der Waals surface area contributed by atoms with Crippen LogP contribution in [0.25, 0.3) is 0 Å². The summed E-state index contributed by atoms with van der Waals surface area (Å²) >= 11 is 11.6. The van der Waals surface area contributed by atoms with Crippen molar-refractivity contribution in [2.24, 2.45) is 0 Å². The van der Waals surface area contributed by atoms with Crippen molar-refractivity contribution in [3.8, 4) is 0 Å². The van der Waals surface area contributed by atoms with Gasteiger partial charge in [0.05, 0.1) is 15.3 Å². The van der Waals surface area contributed by atoms with E-state index in [0.717, 1.165) is 0 Å². The molecule has 0 saturated carbocycles. The van der Waals surface area contributed by atoms with E-state index in [1.807, 2.05) is 0 Å². The summed E-state index contributed by atoms with van der Waals surface area (Å²) < 4.78 is 23.2. The number of sulfone groups is 1. The summed E-state index contributed by atoms with van der Waals surface area (Å²) in [5, 5.41) is 0.253. The Bertz CT molecular complexity index is 609. The summed E-state index contributed by atoms with van der Waals surface area (Å²) in [6.45, 7) is 2.10. The molecule has 1 heterocycles. The molecule has 0 aliphatic carbocycles. The fourth-order valence-electron chi connectivity index (χ4n) is 1.88. The van der Waals surface area contributed by atoms with E-state index in [2.05, 4.69) is 0 Å². The maximum atomic E-state index is 12.1. The van der Waals surface area contributed by atoms with Gasteiger partial charge in [0.15, 0.2) is 9.84 Å². The number of nitrogens with zero attached hydrogens (tertiary/aromatic N) is 1. The first-order valence-electron chi connectivity index (χ1n) is 5.81. The monoisotopic (exact) mass is 321 g/mol. The Balaban J connectivity index is 2.06. The average Bonchev–Trinajstić information content (AvgIpc) is 2.30. The molecule has 1 saturated heterocycles. The SMILES string of the molecule is CCS(=O)(=O)C1CN(C(=O)c2ccc(Cl)c(Cl)c2)C1. The summed E-state index contributed by atoms with van der Waals surface area (Å²) in [5.74, 6) is -0.118. The zero-order valence-corrected chi connectivity index (χ0v) is 12.6. The number of amides is 1. The largest absolute Gasteiger partial charge is 0.336 e. The minimum atomic E-state index is -3.07. The summed E-state index contributed by atoms with van der Waals surface area (Å²) in [5.41, 5.74) is 0.418. The summed E-state index contributed by atoms with van der Waals surface area (Å²) in [6.07, 6.45) is 0. The van der Waals surface area contributed by atoms with E-state index in [4.69, 9.17) is 23.2 Å². The van der Waals surface area contributed by atoms with Crippen LogP contribution in [0.2, 0.25) is 10.0 Å². The Labute approximate surface area is 122 Å². The minimum Gasteiger partial charge on any atom is -0.336 e. The summed E-state index contributed by atoms with van der Waals surface area (Å²) in [6, 6.07) is 4.63. The van der Waals surface area contributed by atoms with Gasteiger partial charge in [-0.25, -0.2) is 8.42 Å². The van der Waals surface area contributed by atoms with Gasteiger partial charge in [0, 0.05) is 24.4 Å². The molecule has 1 aliphatic heterocycles. The number of halogens is 2. The van der Waals surface area contributed by atoms with Crippen LogP contribution in [0.5, 0.6) is 0 Å². The van der Waals surface area contributed by atoms with Crippen LogP contribution in [0.15, 0.2) is 18.2 Å². The molecule has 19 heavy (non-hydrogen) atoms. The number of likely N-dealkylation sites (tertiary alicyclic amines) is 1. The van der Waals surface area contributed by atoms with Gasteiger partial charge in [-0.15, -0.1) is 0 Å². The molecule has 0 bridgehead atoms. The highest BCUT2D eigenvalue weighted by Gasteiger charge is 2.38. The Kier molecular flexibility index (Phi) is 4.08. The van der Waals surface area contributed by atoms with Gasteiger partial charge in [-0.2, -0.15) is 0 Å². The van der Waals surface area contributed by atoms with Crippen molar-refractivity contribution in [1.29, 1.82) is 0 Å². The fourth-order valence-corrected chi connectivity index (χ4v) is 3.46. The lowest BCUT2D eigenvalue weighted by atomic mass is 10.1. The van der Waals surface area contributed by atoms with Crippen molar-refractivity contribution in [3.63, 3.8) is 0 Å². The molecule has 1 aromatic carbocycles. The molecule has 1 amide bonds. The number of hydrogen-bond acceptors (Lipinski definition) is 3. The van der Waals surface area contributed by atoms with Crippen LogP contribution in [0.1, 0.15) is 17.3 Å². The topological polar surface area (TPSA) is 54.5 Å². The molecule has 1 fully saturated rings. The Morgan fingerprint density at radius 1 is 1.32 bits per heavy atom. The molecule has 0 radical (unpaired) electrons.